The fourth-order valence-corrected chi connectivity index (χ4v) is 8.79. The maximum Gasteiger partial charge on any atom is 0.326 e. The summed E-state index contributed by atoms with van der Waals surface area (Å²) < 4.78 is 0. The lowest BCUT2D eigenvalue weighted by Gasteiger charge is -2.31. The molecule has 79 heavy (non-hydrogen) atoms. The number of phenols is 1. The number of carboxylic acids is 2. The van der Waals surface area contributed by atoms with E-state index < -0.39 is 120 Å². The Labute approximate surface area is 462 Å². The van der Waals surface area contributed by atoms with Crippen LogP contribution in [0.15, 0.2) is 29.3 Å². The average molecular weight is 1120 g/mol. The lowest BCUT2D eigenvalue weighted by molar-refractivity contribution is -0.145. The van der Waals surface area contributed by atoms with Gasteiger partial charge in [-0.1, -0.05) is 67.5 Å². The predicted molar refractivity (Wildman–Crippen MR) is 294 cm³/mol. The highest BCUT2D eigenvalue weighted by Crippen LogP contribution is 2.22. The molecule has 1 aliphatic heterocycles. The second kappa shape index (κ2) is 34.0. The molecule has 26 nitrogen and oxygen atoms in total. The summed E-state index contributed by atoms with van der Waals surface area (Å²) in [6.45, 7) is 14.6. The van der Waals surface area contributed by atoms with Gasteiger partial charge in [0.2, 0.25) is 47.3 Å². The van der Waals surface area contributed by atoms with Crippen molar-refractivity contribution < 1.29 is 63.3 Å². The topological polar surface area (TPSA) is 435 Å². The molecule has 1 aromatic rings. The van der Waals surface area contributed by atoms with Gasteiger partial charge in [-0.25, -0.2) is 4.79 Å². The van der Waals surface area contributed by atoms with Gasteiger partial charge in [-0.2, -0.15) is 0 Å². The van der Waals surface area contributed by atoms with Crippen LogP contribution in [-0.2, 0) is 54.4 Å². The molecular weight excluding hydrogens is 1030 g/mol. The number of carbonyl (C=O) groups excluding carboxylic acids is 8. The normalized spacial score (nSPS) is 16.3. The third-order valence-electron chi connectivity index (χ3n) is 13.0. The van der Waals surface area contributed by atoms with E-state index in [-0.39, 0.29) is 106 Å². The summed E-state index contributed by atoms with van der Waals surface area (Å²) in [4.78, 5) is 142. The van der Waals surface area contributed by atoms with Crippen molar-refractivity contribution in [1.29, 1.82) is 0 Å². The Balaban J connectivity index is 2.53. The monoisotopic (exact) mass is 1120 g/mol. The summed E-state index contributed by atoms with van der Waals surface area (Å²) >= 11 is 0. The summed E-state index contributed by atoms with van der Waals surface area (Å²) in [5, 5.41) is 47.9. The number of nitrogens with two attached hydrogens (primary N) is 4. The molecule has 444 valence electrons. The van der Waals surface area contributed by atoms with Gasteiger partial charge in [0.15, 0.2) is 5.96 Å². The summed E-state index contributed by atoms with van der Waals surface area (Å²) in [6.07, 6.45) is 0.775. The number of aromatic hydroxyl groups is 1. The van der Waals surface area contributed by atoms with Crippen molar-refractivity contribution in [2.24, 2.45) is 51.6 Å². The van der Waals surface area contributed by atoms with Gasteiger partial charge in [0.1, 0.15) is 54.1 Å². The smallest absolute Gasteiger partial charge is 0.326 e. The number of carboxylic acid groups (broad SMARTS) is 2. The molecule has 2 rings (SSSR count). The van der Waals surface area contributed by atoms with Crippen molar-refractivity contribution in [2.75, 3.05) is 19.6 Å². The van der Waals surface area contributed by atoms with Crippen LogP contribution in [0.4, 0.5) is 0 Å². The van der Waals surface area contributed by atoms with Crippen LogP contribution < -0.4 is 60.2 Å². The van der Waals surface area contributed by atoms with Crippen LogP contribution in [-0.4, -0.2) is 159 Å². The zero-order valence-electron chi connectivity index (χ0n) is 47.0. The minimum absolute atomic E-state index is 0.00382. The number of guanidine groups is 1. The summed E-state index contributed by atoms with van der Waals surface area (Å²) in [5.41, 5.74) is 23.2. The molecule has 26 heteroatoms. The second-order valence-electron chi connectivity index (χ2n) is 21.8. The number of likely N-dealkylation sites (tertiary alicyclic amines) is 1. The number of benzene rings is 1. The van der Waals surface area contributed by atoms with E-state index in [9.17, 15) is 63.3 Å². The lowest BCUT2D eigenvalue weighted by atomic mass is 9.98. The minimum Gasteiger partial charge on any atom is -0.508 e. The van der Waals surface area contributed by atoms with E-state index in [1.165, 1.54) is 29.2 Å². The van der Waals surface area contributed by atoms with Crippen molar-refractivity contribution in [2.45, 2.75) is 187 Å². The molecule has 1 heterocycles. The molecule has 1 saturated heterocycles. The van der Waals surface area contributed by atoms with Gasteiger partial charge in [-0.3, -0.25) is 48.1 Å². The largest absolute Gasteiger partial charge is 0.508 e. The summed E-state index contributed by atoms with van der Waals surface area (Å²) in [5.74, 6) is -10.1. The van der Waals surface area contributed by atoms with Crippen LogP contribution in [0.5, 0.6) is 5.75 Å². The first-order chi connectivity index (χ1) is 37.0. The molecule has 1 fully saturated rings. The number of amides is 8. The van der Waals surface area contributed by atoms with Crippen LogP contribution in [0.1, 0.15) is 132 Å². The van der Waals surface area contributed by atoms with E-state index in [1.807, 2.05) is 27.7 Å². The van der Waals surface area contributed by atoms with Crippen LogP contribution in [0.3, 0.4) is 0 Å². The summed E-state index contributed by atoms with van der Waals surface area (Å²) in [7, 11) is 0. The first-order valence-corrected chi connectivity index (χ1v) is 27.2. The van der Waals surface area contributed by atoms with E-state index in [2.05, 4.69) is 42.2 Å². The van der Waals surface area contributed by atoms with E-state index in [4.69, 9.17) is 22.9 Å². The lowest BCUT2D eigenvalue weighted by Crippen LogP contribution is -2.61. The van der Waals surface area contributed by atoms with Gasteiger partial charge in [0, 0.05) is 19.5 Å². The first kappa shape index (κ1) is 68.0. The van der Waals surface area contributed by atoms with Gasteiger partial charge in [-0.15, -0.1) is 0 Å². The zero-order valence-corrected chi connectivity index (χ0v) is 47.0. The maximum absolute atomic E-state index is 14.6. The number of aliphatic carboxylic acids is 2. The van der Waals surface area contributed by atoms with E-state index in [1.54, 1.807) is 27.7 Å². The van der Waals surface area contributed by atoms with Crippen LogP contribution in [0.2, 0.25) is 0 Å². The van der Waals surface area contributed by atoms with Crippen molar-refractivity contribution in [3.05, 3.63) is 29.8 Å². The molecule has 0 aliphatic carbocycles. The quantitative estimate of drug-likeness (QED) is 0.0224. The SMILES string of the molecule is CC(C)C[C@H](NC(=O)[C@@H]1CCCN1C(=O)[C@H](CCCN=C(N)N)NC(=O)[C@H](CC(C)C)NC(=O)[C@H](CC(C)C)NC(=O)[C@H](Cc1ccc(O)cc1)NC(=O)[C@H](CCCCN)NC(=O)[C@H](CC(=O)O)NC(=O)[C@@H](N)C(C)C)C(=O)O. The van der Waals surface area contributed by atoms with Gasteiger partial charge < -0.3 is 80.4 Å². The molecular formula is C53H89N13O13. The van der Waals surface area contributed by atoms with E-state index in [0.717, 1.165) is 0 Å². The highest BCUT2D eigenvalue weighted by Gasteiger charge is 2.40. The Kier molecular flexibility index (Phi) is 29.3. The standard InChI is InChI=1S/C53H89N13O13/c1-28(2)23-36(45(71)60-35(14-11-21-58-53(56)57)51(77)66-22-12-15-41(66)49(75)65-40(52(78)79)25-30(5)6)61-46(72)37(24-29(3)4)62-47(73)38(26-32-16-18-33(67)19-17-32)63-44(70)34(13-9-10-20-54)59-48(74)39(27-42(68)69)64-50(76)43(55)31(7)8/h16-19,28-31,34-41,43,67H,9-15,20-27,54-55H2,1-8H3,(H,59,74)(H,60,71)(H,61,72)(H,62,73)(H,63,70)(H,64,76)(H,65,75)(H,68,69)(H,78,79)(H4,56,57,58)/t34-,35-,36-,37-,38-,39-,40-,41-,43-/m0/s1. The maximum atomic E-state index is 14.6. The molecule has 0 unspecified atom stereocenters. The Bertz CT molecular complexity index is 2240. The van der Waals surface area contributed by atoms with Gasteiger partial charge in [-0.05, 0) is 112 Å². The highest BCUT2D eigenvalue weighted by atomic mass is 16.4. The van der Waals surface area contributed by atoms with Gasteiger partial charge in [0.25, 0.3) is 0 Å². The first-order valence-electron chi connectivity index (χ1n) is 27.2. The Morgan fingerprint density at radius 2 is 1.08 bits per heavy atom. The number of hydrogen-bond donors (Lipinski definition) is 14. The van der Waals surface area contributed by atoms with Gasteiger partial charge >= 0.3 is 11.9 Å². The van der Waals surface area contributed by atoms with E-state index >= 15 is 0 Å². The fourth-order valence-electron chi connectivity index (χ4n) is 8.79. The zero-order chi connectivity index (χ0) is 59.7. The molecule has 1 aliphatic rings. The number of unbranched alkanes of at least 4 members (excludes halogenated alkanes) is 1. The molecule has 8 amide bonds. The van der Waals surface area contributed by atoms with Crippen LogP contribution in [0, 0.1) is 23.7 Å². The number of aliphatic imine (C=N–C) groups is 1. The molecule has 0 spiro atoms. The summed E-state index contributed by atoms with van der Waals surface area (Å²) in [6, 6.07) is -5.88. The fraction of sp³-hybridized carbons (Fsp3) is 0.679. The number of rotatable bonds is 35. The number of carbonyl (C=O) groups is 10. The molecule has 18 N–H and O–H groups in total. The Morgan fingerprint density at radius 1 is 0.608 bits per heavy atom. The van der Waals surface area contributed by atoms with Gasteiger partial charge in [0.05, 0.1) is 12.5 Å². The van der Waals surface area contributed by atoms with Crippen LogP contribution in [0.25, 0.3) is 0 Å². The average Bonchev–Trinajstić information content (AvgIpc) is 3.86. The number of hydrogen-bond acceptors (Lipinski definition) is 14. The second-order valence-corrected chi connectivity index (χ2v) is 21.8. The molecule has 9 atom stereocenters. The third kappa shape index (κ3) is 24.6. The minimum atomic E-state index is -1.64. The number of nitrogens with one attached hydrogen (secondary N) is 7. The Morgan fingerprint density at radius 3 is 1.58 bits per heavy atom. The molecule has 0 saturated carbocycles. The molecule has 0 radical (unpaired) electrons. The highest BCUT2D eigenvalue weighted by molar-refractivity contribution is 5.99. The predicted octanol–water partition coefficient (Wildman–Crippen LogP) is -0.817. The number of nitrogens with zero attached hydrogens (tertiary/aromatic N) is 2. The molecule has 0 bridgehead atoms. The number of phenolic OH excluding ortho intramolecular Hbond substituents is 1. The van der Waals surface area contributed by atoms with Crippen molar-refractivity contribution in [1.82, 2.24) is 42.1 Å². The Hall–Kier alpha value is -7.09. The molecule has 1 aromatic carbocycles. The van der Waals surface area contributed by atoms with Crippen molar-refractivity contribution in [3.63, 3.8) is 0 Å². The van der Waals surface area contributed by atoms with Crippen LogP contribution >= 0.6 is 0 Å². The van der Waals surface area contributed by atoms with E-state index in [0.29, 0.717) is 24.8 Å². The third-order valence-corrected chi connectivity index (χ3v) is 13.0. The van der Waals surface area contributed by atoms with Crippen molar-refractivity contribution in [3.8, 4) is 5.75 Å². The molecule has 0 aromatic heterocycles. The van der Waals surface area contributed by atoms with Crippen molar-refractivity contribution >= 4 is 65.2 Å².